The molecule has 0 radical (unpaired) electrons. The highest BCUT2D eigenvalue weighted by atomic mass is 16.5. The number of nitrogens with zero attached hydrogens (tertiary/aromatic N) is 2. The number of hydrogen-bond donors (Lipinski definition) is 3. The highest BCUT2D eigenvalue weighted by Crippen LogP contribution is 2.42. The fraction of sp³-hybridized carbons (Fsp3) is 0.290. The predicted octanol–water partition coefficient (Wildman–Crippen LogP) is 5.42. The van der Waals surface area contributed by atoms with E-state index >= 15 is 0 Å². The second-order valence-electron chi connectivity index (χ2n) is 9.99. The van der Waals surface area contributed by atoms with Gasteiger partial charge in [0.05, 0.1) is 24.3 Å². The Morgan fingerprint density at radius 2 is 2.00 bits per heavy atom. The summed E-state index contributed by atoms with van der Waals surface area (Å²) < 4.78 is 5.35. The normalized spacial score (nSPS) is 22.9. The van der Waals surface area contributed by atoms with E-state index in [1.807, 2.05) is 24.3 Å². The maximum atomic E-state index is 11.2. The van der Waals surface area contributed by atoms with Gasteiger partial charge in [0.2, 0.25) is 0 Å². The molecule has 1 aromatic heterocycles. The summed E-state index contributed by atoms with van der Waals surface area (Å²) in [6, 6.07) is 17.6. The van der Waals surface area contributed by atoms with Crippen LogP contribution in [0.2, 0.25) is 0 Å². The largest absolute Gasteiger partial charge is 0.508 e. The molecule has 3 aromatic carbocycles. The Balaban J connectivity index is 0.000000179. The number of carboxylic acid groups (broad SMARTS) is 1. The summed E-state index contributed by atoms with van der Waals surface area (Å²) in [5.41, 5.74) is 2.10. The van der Waals surface area contributed by atoms with Gasteiger partial charge in [0.1, 0.15) is 11.5 Å². The van der Waals surface area contributed by atoms with E-state index in [2.05, 4.69) is 22.5 Å². The summed E-state index contributed by atoms with van der Waals surface area (Å²) in [4.78, 5) is 17.7. The summed E-state index contributed by atoms with van der Waals surface area (Å²) >= 11 is 0. The number of hydrogen-bond acceptors (Lipinski definition) is 6. The van der Waals surface area contributed by atoms with Gasteiger partial charge in [-0.25, -0.2) is 4.79 Å². The molecule has 7 nitrogen and oxygen atoms in total. The number of aliphatic hydroxyl groups is 1. The highest BCUT2D eigenvalue weighted by molar-refractivity contribution is 6.03. The Hall–Kier alpha value is -3.94. The van der Waals surface area contributed by atoms with Gasteiger partial charge >= 0.3 is 5.97 Å². The lowest BCUT2D eigenvalue weighted by molar-refractivity contribution is -0.0444. The van der Waals surface area contributed by atoms with Crippen molar-refractivity contribution in [3.05, 3.63) is 90.6 Å². The van der Waals surface area contributed by atoms with Gasteiger partial charge in [-0.05, 0) is 96.1 Å². The molecule has 2 unspecified atom stereocenters. The number of ether oxygens (including phenoxy) is 1. The number of pyridine rings is 1. The monoisotopic (exact) mass is 512 g/mol. The minimum Gasteiger partial charge on any atom is -0.508 e. The first kappa shape index (κ1) is 25.7. The van der Waals surface area contributed by atoms with Crippen molar-refractivity contribution >= 4 is 27.6 Å². The molecule has 0 amide bonds. The zero-order valence-corrected chi connectivity index (χ0v) is 21.3. The number of aliphatic hydroxyl groups excluding tert-OH is 1. The molecule has 196 valence electrons. The Morgan fingerprint density at radius 3 is 2.71 bits per heavy atom. The van der Waals surface area contributed by atoms with Crippen LogP contribution >= 0.6 is 0 Å². The molecule has 2 bridgehead atoms. The number of benzene rings is 3. The number of aromatic hydroxyl groups is 1. The summed E-state index contributed by atoms with van der Waals surface area (Å²) in [5, 5.41) is 31.6. The average molecular weight is 513 g/mol. The summed E-state index contributed by atoms with van der Waals surface area (Å²) in [6.45, 7) is 6.07. The van der Waals surface area contributed by atoms with Crippen molar-refractivity contribution in [2.75, 3.05) is 20.2 Å². The van der Waals surface area contributed by atoms with Crippen molar-refractivity contribution in [2.24, 2.45) is 11.8 Å². The zero-order chi connectivity index (χ0) is 26.8. The number of rotatable bonds is 5. The third kappa shape index (κ3) is 4.95. The van der Waals surface area contributed by atoms with Gasteiger partial charge in [-0.3, -0.25) is 9.88 Å². The average Bonchev–Trinajstić information content (AvgIpc) is 2.96. The van der Waals surface area contributed by atoms with E-state index in [0.717, 1.165) is 47.1 Å². The zero-order valence-electron chi connectivity index (χ0n) is 21.3. The second-order valence-corrected chi connectivity index (χ2v) is 9.99. The van der Waals surface area contributed by atoms with E-state index in [9.17, 15) is 15.0 Å². The minimum absolute atomic E-state index is 0.139. The molecule has 0 spiro atoms. The molecule has 38 heavy (non-hydrogen) atoms. The van der Waals surface area contributed by atoms with E-state index in [1.165, 1.54) is 12.5 Å². The molecule has 0 saturated carbocycles. The Morgan fingerprint density at radius 1 is 1.16 bits per heavy atom. The van der Waals surface area contributed by atoms with Crippen molar-refractivity contribution in [2.45, 2.75) is 25.0 Å². The predicted molar refractivity (Wildman–Crippen MR) is 148 cm³/mol. The lowest BCUT2D eigenvalue weighted by atomic mass is 9.73. The van der Waals surface area contributed by atoms with Crippen LogP contribution in [0.1, 0.15) is 34.9 Å². The van der Waals surface area contributed by atoms with Crippen molar-refractivity contribution in [3.63, 3.8) is 0 Å². The van der Waals surface area contributed by atoms with Crippen LogP contribution in [0.25, 0.3) is 21.7 Å². The molecular formula is C31H32N2O5. The van der Waals surface area contributed by atoms with Gasteiger partial charge in [-0.2, -0.15) is 0 Å². The van der Waals surface area contributed by atoms with Crippen LogP contribution in [-0.2, 0) is 0 Å². The van der Waals surface area contributed by atoms with Crippen LogP contribution in [0.4, 0.5) is 0 Å². The molecule has 7 heteroatoms. The highest BCUT2D eigenvalue weighted by Gasteiger charge is 2.42. The molecule has 3 aliphatic rings. The second kappa shape index (κ2) is 10.8. The van der Waals surface area contributed by atoms with Crippen molar-refractivity contribution in [1.82, 2.24) is 9.88 Å². The van der Waals surface area contributed by atoms with E-state index < -0.39 is 12.1 Å². The molecule has 7 rings (SSSR count). The van der Waals surface area contributed by atoms with Gasteiger partial charge in [0.15, 0.2) is 0 Å². The standard InChI is InChI=1S/C20H24N2O2.C11H8O3/c1-3-13-12-22-9-7-14(13)10-19(22)20(23)16-6-8-21-18-5-4-15(24-2)11-17(16)18;12-8-4-5-9-7(6-8)2-1-3-10(9)11(13)14/h3-6,8,11,13-14,19-20,23H,1,7,9-10,12H2,2H3;1-6,12H,(H,13,14)/t13-,14?,19+,20+;/m1./s1. The molecule has 3 N–H and O–H groups in total. The first-order valence-electron chi connectivity index (χ1n) is 12.8. The number of phenolic OH excluding ortho intramolecular Hbond substituents is 1. The van der Waals surface area contributed by atoms with E-state index in [1.54, 1.807) is 43.6 Å². The molecule has 0 aliphatic carbocycles. The quantitative estimate of drug-likeness (QED) is 0.307. The Labute approximate surface area is 221 Å². The van der Waals surface area contributed by atoms with Gasteiger partial charge < -0.3 is 20.1 Å². The van der Waals surface area contributed by atoms with Crippen LogP contribution in [0.5, 0.6) is 11.5 Å². The number of fused-ring (bicyclic) bond motifs is 5. The maximum absolute atomic E-state index is 11.2. The first-order valence-corrected chi connectivity index (χ1v) is 12.8. The van der Waals surface area contributed by atoms with Crippen molar-refractivity contribution in [3.8, 4) is 11.5 Å². The number of phenols is 1. The third-order valence-corrected chi connectivity index (χ3v) is 7.91. The van der Waals surface area contributed by atoms with E-state index in [0.29, 0.717) is 17.2 Å². The number of aromatic carboxylic acids is 1. The van der Waals surface area contributed by atoms with Crippen LogP contribution < -0.4 is 4.74 Å². The van der Waals surface area contributed by atoms with Crippen LogP contribution in [0, 0.1) is 11.8 Å². The van der Waals surface area contributed by atoms with E-state index in [-0.39, 0.29) is 17.4 Å². The molecular weight excluding hydrogens is 480 g/mol. The number of methoxy groups -OCH3 is 1. The van der Waals surface area contributed by atoms with Gasteiger partial charge in [0, 0.05) is 24.2 Å². The Bertz CT molecular complexity index is 1490. The maximum Gasteiger partial charge on any atom is 0.336 e. The molecule has 4 aromatic rings. The first-order chi connectivity index (χ1) is 18.4. The topological polar surface area (TPSA) is 103 Å². The summed E-state index contributed by atoms with van der Waals surface area (Å²) in [6.07, 6.45) is 5.62. The Kier molecular flexibility index (Phi) is 7.31. The van der Waals surface area contributed by atoms with Gasteiger partial charge in [-0.15, -0.1) is 6.58 Å². The van der Waals surface area contributed by atoms with Gasteiger partial charge in [-0.1, -0.05) is 18.2 Å². The fourth-order valence-electron chi connectivity index (χ4n) is 5.90. The summed E-state index contributed by atoms with van der Waals surface area (Å²) in [7, 11) is 1.66. The van der Waals surface area contributed by atoms with Gasteiger partial charge in [0.25, 0.3) is 0 Å². The number of carboxylic acids is 1. The minimum atomic E-state index is -0.957. The number of carbonyl (C=O) groups is 1. The smallest absolute Gasteiger partial charge is 0.336 e. The van der Waals surface area contributed by atoms with Crippen molar-refractivity contribution < 1.29 is 24.9 Å². The molecule has 4 heterocycles. The lowest BCUT2D eigenvalue weighted by Gasteiger charge is -2.50. The summed E-state index contributed by atoms with van der Waals surface area (Å²) in [5.74, 6) is 1.19. The van der Waals surface area contributed by atoms with Crippen molar-refractivity contribution in [1.29, 1.82) is 0 Å². The van der Waals surface area contributed by atoms with Crippen LogP contribution in [0.3, 0.4) is 0 Å². The van der Waals surface area contributed by atoms with Crippen LogP contribution in [-0.4, -0.2) is 57.4 Å². The van der Waals surface area contributed by atoms with E-state index in [4.69, 9.17) is 9.84 Å². The number of aromatic nitrogens is 1. The molecule has 3 aliphatic heterocycles. The van der Waals surface area contributed by atoms with Crippen LogP contribution in [0.15, 0.2) is 79.5 Å². The molecule has 3 saturated heterocycles. The number of piperidine rings is 3. The molecule has 5 atom stereocenters. The molecule has 3 fully saturated rings. The SMILES string of the molecule is C=C[C@@H]1CN2CCC1C[C@H]2[C@@H](O)c1ccnc2ccc(OC)cc12.O=C(O)c1cccc2cc(O)ccc12. The lowest BCUT2D eigenvalue weighted by Crippen LogP contribution is -2.54. The fourth-order valence-corrected chi connectivity index (χ4v) is 5.90. The third-order valence-electron chi connectivity index (χ3n) is 7.91.